The Morgan fingerprint density at radius 2 is 1.65 bits per heavy atom. The lowest BCUT2D eigenvalue weighted by atomic mass is 10.1. The van der Waals surface area contributed by atoms with E-state index in [4.69, 9.17) is 0 Å². The van der Waals surface area contributed by atoms with Gasteiger partial charge < -0.3 is 0 Å². The minimum atomic E-state index is -3.56. The van der Waals surface area contributed by atoms with Gasteiger partial charge in [-0.15, -0.1) is 0 Å². The summed E-state index contributed by atoms with van der Waals surface area (Å²) in [6.07, 6.45) is 1.58. The smallest absolute Gasteiger partial charge is 0.240 e. The van der Waals surface area contributed by atoms with Gasteiger partial charge >= 0.3 is 0 Å². The van der Waals surface area contributed by atoms with Crippen LogP contribution >= 0.6 is 0 Å². The Labute approximate surface area is 155 Å². The minimum absolute atomic E-state index is 0.0560. The molecule has 26 heavy (non-hydrogen) atoms. The van der Waals surface area contributed by atoms with Gasteiger partial charge in [0, 0.05) is 31.2 Å². The summed E-state index contributed by atoms with van der Waals surface area (Å²) in [6.45, 7) is 4.09. The minimum Gasteiger partial charge on any atom is -0.299 e. The number of ketones is 1. The fourth-order valence-corrected chi connectivity index (χ4v) is 4.51. The summed E-state index contributed by atoms with van der Waals surface area (Å²) in [5, 5.41) is 0. The topological polar surface area (TPSA) is 66.5 Å². The Morgan fingerprint density at radius 1 is 1.04 bits per heavy atom. The first-order valence-corrected chi connectivity index (χ1v) is 10.3. The molecule has 0 radical (unpaired) electrons. The fourth-order valence-electron chi connectivity index (χ4n) is 3.21. The molecule has 5 nitrogen and oxygen atoms in total. The van der Waals surface area contributed by atoms with Crippen molar-refractivity contribution in [3.05, 3.63) is 65.7 Å². The lowest BCUT2D eigenvalue weighted by Crippen LogP contribution is -2.44. The average Bonchev–Trinajstić information content (AvgIpc) is 2.64. The van der Waals surface area contributed by atoms with Crippen molar-refractivity contribution >= 4 is 15.8 Å². The number of carbonyl (C=O) groups is 1. The number of sulfonamides is 1. The van der Waals surface area contributed by atoms with Crippen molar-refractivity contribution in [3.63, 3.8) is 0 Å². The van der Waals surface area contributed by atoms with Crippen LogP contribution in [0.25, 0.3) is 0 Å². The van der Waals surface area contributed by atoms with Crippen LogP contribution in [-0.4, -0.2) is 38.2 Å². The molecule has 1 fully saturated rings. The number of hydrogen-bond donors (Lipinski definition) is 1. The van der Waals surface area contributed by atoms with Crippen molar-refractivity contribution in [2.45, 2.75) is 37.2 Å². The zero-order chi connectivity index (χ0) is 18.6. The molecule has 1 heterocycles. The van der Waals surface area contributed by atoms with Crippen LogP contribution in [0, 0.1) is 0 Å². The van der Waals surface area contributed by atoms with Gasteiger partial charge in [-0.25, -0.2) is 13.1 Å². The molecule has 1 saturated heterocycles. The number of hydrogen-bond acceptors (Lipinski definition) is 4. The molecule has 6 heteroatoms. The van der Waals surface area contributed by atoms with Gasteiger partial charge in [-0.05, 0) is 37.5 Å². The molecule has 0 spiro atoms. The molecule has 3 rings (SSSR count). The number of carbonyl (C=O) groups excluding carboxylic acids is 1. The summed E-state index contributed by atoms with van der Waals surface area (Å²) in [6, 6.07) is 16.3. The molecule has 0 atom stereocenters. The van der Waals surface area contributed by atoms with E-state index >= 15 is 0 Å². The van der Waals surface area contributed by atoms with Gasteiger partial charge in [0.05, 0.1) is 4.90 Å². The second kappa shape index (κ2) is 8.12. The van der Waals surface area contributed by atoms with E-state index in [2.05, 4.69) is 21.8 Å². The number of piperidine rings is 1. The molecule has 1 N–H and O–H groups in total. The Morgan fingerprint density at radius 3 is 2.23 bits per heavy atom. The van der Waals surface area contributed by atoms with Crippen LogP contribution in [0.5, 0.6) is 0 Å². The van der Waals surface area contributed by atoms with Gasteiger partial charge in [0.2, 0.25) is 10.0 Å². The first kappa shape index (κ1) is 18.8. The fraction of sp³-hybridized carbons (Fsp3) is 0.350. The highest BCUT2D eigenvalue weighted by atomic mass is 32.2. The molecular weight excluding hydrogens is 348 g/mol. The van der Waals surface area contributed by atoms with E-state index in [1.54, 1.807) is 12.1 Å². The molecule has 0 bridgehead atoms. The van der Waals surface area contributed by atoms with Crippen LogP contribution < -0.4 is 4.72 Å². The maximum Gasteiger partial charge on any atom is 0.240 e. The molecule has 2 aromatic rings. The van der Waals surface area contributed by atoms with Gasteiger partial charge in [0.1, 0.15) is 0 Å². The first-order chi connectivity index (χ1) is 12.4. The number of rotatable bonds is 6. The summed E-state index contributed by atoms with van der Waals surface area (Å²) in [7, 11) is -3.56. The van der Waals surface area contributed by atoms with Gasteiger partial charge in [-0.2, -0.15) is 0 Å². The summed E-state index contributed by atoms with van der Waals surface area (Å²) in [5.74, 6) is -0.0762. The van der Waals surface area contributed by atoms with E-state index in [0.29, 0.717) is 5.56 Å². The molecule has 0 saturated carbocycles. The van der Waals surface area contributed by atoms with Crippen molar-refractivity contribution < 1.29 is 13.2 Å². The van der Waals surface area contributed by atoms with Crippen LogP contribution in [0.4, 0.5) is 0 Å². The molecular formula is C20H24N2O3S. The molecule has 0 amide bonds. The number of Topliss-reactive ketones (excluding diaryl/α,β-unsaturated/α-hetero) is 1. The lowest BCUT2D eigenvalue weighted by molar-refractivity contribution is 0.101. The second-order valence-corrected chi connectivity index (χ2v) is 8.45. The van der Waals surface area contributed by atoms with Gasteiger partial charge in [-0.1, -0.05) is 42.5 Å². The van der Waals surface area contributed by atoms with E-state index in [0.717, 1.165) is 32.5 Å². The zero-order valence-electron chi connectivity index (χ0n) is 14.9. The third kappa shape index (κ3) is 4.78. The Kier molecular flexibility index (Phi) is 5.86. The molecule has 2 aromatic carbocycles. The highest BCUT2D eigenvalue weighted by Gasteiger charge is 2.24. The molecule has 1 aliphatic heterocycles. The van der Waals surface area contributed by atoms with Crippen LogP contribution in [0.15, 0.2) is 59.5 Å². The maximum absolute atomic E-state index is 12.5. The molecule has 0 aromatic heterocycles. The molecule has 138 valence electrons. The van der Waals surface area contributed by atoms with Crippen molar-refractivity contribution in [1.29, 1.82) is 0 Å². The van der Waals surface area contributed by atoms with E-state index in [1.807, 2.05) is 18.2 Å². The number of nitrogens with one attached hydrogen (secondary N) is 1. The van der Waals surface area contributed by atoms with E-state index in [1.165, 1.54) is 24.6 Å². The summed E-state index contributed by atoms with van der Waals surface area (Å²) in [4.78, 5) is 13.9. The van der Waals surface area contributed by atoms with Gasteiger partial charge in [0.15, 0.2) is 5.78 Å². The van der Waals surface area contributed by atoms with Crippen LogP contribution in [0.2, 0.25) is 0 Å². The molecule has 1 aliphatic rings. The normalized spacial score (nSPS) is 16.5. The van der Waals surface area contributed by atoms with Crippen molar-refractivity contribution in [1.82, 2.24) is 9.62 Å². The highest BCUT2D eigenvalue weighted by Crippen LogP contribution is 2.17. The average molecular weight is 372 g/mol. The van der Waals surface area contributed by atoms with Crippen molar-refractivity contribution in [2.24, 2.45) is 0 Å². The zero-order valence-corrected chi connectivity index (χ0v) is 15.7. The van der Waals surface area contributed by atoms with Crippen molar-refractivity contribution in [2.75, 3.05) is 13.1 Å². The Hall–Kier alpha value is -2.02. The Balaban J connectivity index is 1.55. The summed E-state index contributed by atoms with van der Waals surface area (Å²) in [5.41, 5.74) is 1.79. The predicted molar refractivity (Wildman–Crippen MR) is 102 cm³/mol. The molecule has 0 unspecified atom stereocenters. The number of likely N-dealkylation sites (tertiary alicyclic amines) is 1. The van der Waals surface area contributed by atoms with Gasteiger partial charge in [0.25, 0.3) is 0 Å². The third-order valence-electron chi connectivity index (χ3n) is 4.73. The van der Waals surface area contributed by atoms with Crippen molar-refractivity contribution in [3.8, 4) is 0 Å². The highest BCUT2D eigenvalue weighted by molar-refractivity contribution is 7.89. The van der Waals surface area contributed by atoms with E-state index in [-0.39, 0.29) is 16.7 Å². The standard InChI is InChI=1S/C20H24N2O3S/c1-16(23)18-7-9-20(10-8-18)26(24,25)21-19-11-13-22(14-12-19)15-17-5-3-2-4-6-17/h2-10,19,21H,11-15H2,1H3. The largest absolute Gasteiger partial charge is 0.299 e. The predicted octanol–water partition coefficient (Wildman–Crippen LogP) is 2.83. The lowest BCUT2D eigenvalue weighted by Gasteiger charge is -2.32. The van der Waals surface area contributed by atoms with Crippen LogP contribution in [-0.2, 0) is 16.6 Å². The third-order valence-corrected chi connectivity index (χ3v) is 6.27. The van der Waals surface area contributed by atoms with Gasteiger partial charge in [-0.3, -0.25) is 9.69 Å². The number of benzene rings is 2. The van der Waals surface area contributed by atoms with Crippen LogP contribution in [0.3, 0.4) is 0 Å². The first-order valence-electron chi connectivity index (χ1n) is 8.84. The van der Waals surface area contributed by atoms with E-state index < -0.39 is 10.0 Å². The SMILES string of the molecule is CC(=O)c1ccc(S(=O)(=O)NC2CCN(Cc3ccccc3)CC2)cc1. The van der Waals surface area contributed by atoms with E-state index in [9.17, 15) is 13.2 Å². The summed E-state index contributed by atoms with van der Waals surface area (Å²) >= 11 is 0. The quantitative estimate of drug-likeness (QED) is 0.792. The summed E-state index contributed by atoms with van der Waals surface area (Å²) < 4.78 is 27.9. The maximum atomic E-state index is 12.5. The Bertz CT molecular complexity index is 840. The molecule has 0 aliphatic carbocycles. The number of nitrogens with zero attached hydrogens (tertiary/aromatic N) is 1. The second-order valence-electron chi connectivity index (χ2n) is 6.74. The monoisotopic (exact) mass is 372 g/mol. The van der Waals surface area contributed by atoms with Crippen LogP contribution in [0.1, 0.15) is 35.7 Å².